The molecule has 2 aromatic rings. The molecular formula is C23H29ClN2O4S. The van der Waals surface area contributed by atoms with Gasteiger partial charge in [-0.3, -0.25) is 4.79 Å². The number of benzene rings is 2. The van der Waals surface area contributed by atoms with Gasteiger partial charge in [0.15, 0.2) is 0 Å². The largest absolute Gasteiger partial charge is 0.373 e. The van der Waals surface area contributed by atoms with Crippen molar-refractivity contribution in [2.45, 2.75) is 50.7 Å². The Morgan fingerprint density at radius 1 is 1.13 bits per heavy atom. The van der Waals surface area contributed by atoms with Crippen LogP contribution in [0.1, 0.15) is 44.0 Å². The minimum atomic E-state index is -3.87. The third-order valence-electron chi connectivity index (χ3n) is 5.23. The summed E-state index contributed by atoms with van der Waals surface area (Å²) >= 11 is 6.30. The number of amides is 1. The van der Waals surface area contributed by atoms with Crippen LogP contribution in [0.4, 0.5) is 5.69 Å². The number of carbonyl (C=O) groups excluding carboxylic acids is 1. The maximum absolute atomic E-state index is 13.4. The molecule has 0 radical (unpaired) electrons. The van der Waals surface area contributed by atoms with Gasteiger partial charge in [-0.15, -0.1) is 0 Å². The van der Waals surface area contributed by atoms with Gasteiger partial charge in [-0.1, -0.05) is 43.1 Å². The van der Waals surface area contributed by atoms with E-state index in [2.05, 4.69) is 6.92 Å². The molecule has 0 N–H and O–H groups in total. The molecule has 3 rings (SSSR count). The van der Waals surface area contributed by atoms with Gasteiger partial charge >= 0.3 is 0 Å². The number of morpholine rings is 1. The summed E-state index contributed by atoms with van der Waals surface area (Å²) in [4.78, 5) is 15.0. The number of sulfonamides is 1. The average molecular weight is 465 g/mol. The third kappa shape index (κ3) is 5.47. The summed E-state index contributed by atoms with van der Waals surface area (Å²) in [6.45, 7) is 6.77. The van der Waals surface area contributed by atoms with Crippen LogP contribution in [0.15, 0.2) is 53.4 Å². The fraction of sp³-hybridized carbons (Fsp3) is 0.435. The predicted molar refractivity (Wildman–Crippen MR) is 123 cm³/mol. The lowest BCUT2D eigenvalue weighted by Gasteiger charge is -2.34. The molecule has 2 atom stereocenters. The van der Waals surface area contributed by atoms with Crippen LogP contribution in [-0.2, 0) is 14.8 Å². The number of hydrogen-bond acceptors (Lipinski definition) is 4. The van der Waals surface area contributed by atoms with Crippen LogP contribution < -0.4 is 4.90 Å². The molecule has 0 aliphatic carbocycles. The van der Waals surface area contributed by atoms with E-state index in [9.17, 15) is 13.2 Å². The van der Waals surface area contributed by atoms with E-state index in [1.165, 1.54) is 16.4 Å². The maximum Gasteiger partial charge on any atom is 0.258 e. The number of unbranched alkanes of at least 4 members (excludes halogenated alkanes) is 1. The van der Waals surface area contributed by atoms with Crippen molar-refractivity contribution in [3.8, 4) is 0 Å². The first-order valence-corrected chi connectivity index (χ1v) is 12.4. The SMILES string of the molecule is CCCCN(C(=O)c1ccc(Cl)c(S(=O)(=O)N2CC(C)OC(C)C2)c1)c1ccccc1. The zero-order valence-electron chi connectivity index (χ0n) is 18.1. The zero-order valence-corrected chi connectivity index (χ0v) is 19.7. The number of para-hydroxylation sites is 1. The van der Waals surface area contributed by atoms with E-state index >= 15 is 0 Å². The van der Waals surface area contributed by atoms with Crippen molar-refractivity contribution in [1.82, 2.24) is 4.31 Å². The first kappa shape index (κ1) is 23.7. The van der Waals surface area contributed by atoms with Gasteiger partial charge in [0, 0.05) is 30.9 Å². The van der Waals surface area contributed by atoms with Gasteiger partial charge in [0.2, 0.25) is 10.0 Å². The number of halogens is 1. The summed E-state index contributed by atoms with van der Waals surface area (Å²) in [6.07, 6.45) is 1.34. The third-order valence-corrected chi connectivity index (χ3v) is 7.54. The summed E-state index contributed by atoms with van der Waals surface area (Å²) < 4.78 is 33.7. The molecule has 2 unspecified atom stereocenters. The molecule has 1 aliphatic rings. The number of rotatable bonds is 7. The molecule has 8 heteroatoms. The normalized spacial score (nSPS) is 19.9. The summed E-state index contributed by atoms with van der Waals surface area (Å²) in [5, 5.41) is 0.100. The Morgan fingerprint density at radius 2 is 1.77 bits per heavy atom. The number of hydrogen-bond donors (Lipinski definition) is 0. The van der Waals surface area contributed by atoms with Crippen molar-refractivity contribution in [3.63, 3.8) is 0 Å². The quantitative estimate of drug-likeness (QED) is 0.601. The summed E-state index contributed by atoms with van der Waals surface area (Å²) in [5.41, 5.74) is 1.06. The van der Waals surface area contributed by atoms with Crippen molar-refractivity contribution in [3.05, 3.63) is 59.1 Å². The molecule has 0 saturated carbocycles. The lowest BCUT2D eigenvalue weighted by molar-refractivity contribution is -0.0440. The molecule has 1 amide bonds. The minimum absolute atomic E-state index is 0.0511. The van der Waals surface area contributed by atoms with Crippen molar-refractivity contribution >= 4 is 33.2 Å². The highest BCUT2D eigenvalue weighted by Crippen LogP contribution is 2.29. The standard InChI is InChI=1S/C23H29ClN2O4S/c1-4-5-13-26(20-9-7-6-8-10-20)23(27)19-11-12-21(24)22(14-19)31(28,29)25-15-17(2)30-18(3)16-25/h6-12,14,17-18H,4-5,13,15-16H2,1-3H3. The Labute approximate surface area is 189 Å². The van der Waals surface area contributed by atoms with Crippen LogP contribution in [-0.4, -0.2) is 50.5 Å². The molecule has 6 nitrogen and oxygen atoms in total. The van der Waals surface area contributed by atoms with Crippen molar-refractivity contribution < 1.29 is 17.9 Å². The van der Waals surface area contributed by atoms with E-state index in [0.717, 1.165) is 18.5 Å². The van der Waals surface area contributed by atoms with E-state index in [1.807, 2.05) is 44.2 Å². The van der Waals surface area contributed by atoms with Gasteiger partial charge < -0.3 is 9.64 Å². The highest BCUT2D eigenvalue weighted by Gasteiger charge is 2.34. The lowest BCUT2D eigenvalue weighted by Crippen LogP contribution is -2.48. The van der Waals surface area contributed by atoms with Gasteiger partial charge in [-0.2, -0.15) is 4.31 Å². The Morgan fingerprint density at radius 3 is 2.39 bits per heavy atom. The topological polar surface area (TPSA) is 66.9 Å². The monoisotopic (exact) mass is 464 g/mol. The Hall–Kier alpha value is -1.93. The lowest BCUT2D eigenvalue weighted by atomic mass is 10.1. The molecule has 0 spiro atoms. The van der Waals surface area contributed by atoms with Crippen LogP contribution in [0.2, 0.25) is 5.02 Å². The maximum atomic E-state index is 13.4. The molecule has 0 aromatic heterocycles. The Bertz CT molecular complexity index is 1000. The van der Waals surface area contributed by atoms with Gasteiger partial charge in [0.1, 0.15) is 4.90 Å². The van der Waals surface area contributed by atoms with E-state index in [-0.39, 0.29) is 46.7 Å². The molecule has 1 fully saturated rings. The molecule has 1 heterocycles. The minimum Gasteiger partial charge on any atom is -0.373 e. The molecule has 2 aromatic carbocycles. The number of ether oxygens (including phenoxy) is 1. The summed E-state index contributed by atoms with van der Waals surface area (Å²) in [6, 6.07) is 13.8. The van der Waals surface area contributed by atoms with Crippen molar-refractivity contribution in [2.75, 3.05) is 24.5 Å². The molecule has 1 saturated heterocycles. The van der Waals surface area contributed by atoms with E-state index in [0.29, 0.717) is 6.54 Å². The first-order valence-electron chi connectivity index (χ1n) is 10.6. The second-order valence-electron chi connectivity index (χ2n) is 7.87. The smallest absolute Gasteiger partial charge is 0.258 e. The van der Waals surface area contributed by atoms with Crippen LogP contribution in [0.5, 0.6) is 0 Å². The molecule has 168 valence electrons. The van der Waals surface area contributed by atoms with E-state index < -0.39 is 10.0 Å². The highest BCUT2D eigenvalue weighted by atomic mass is 35.5. The van der Waals surface area contributed by atoms with Crippen LogP contribution in [0.25, 0.3) is 0 Å². The predicted octanol–water partition coefficient (Wildman–Crippen LogP) is 4.58. The van der Waals surface area contributed by atoms with Gasteiger partial charge in [0.25, 0.3) is 5.91 Å². The zero-order chi connectivity index (χ0) is 22.6. The van der Waals surface area contributed by atoms with Gasteiger partial charge in [-0.05, 0) is 50.6 Å². The molecular weight excluding hydrogens is 436 g/mol. The molecule has 1 aliphatic heterocycles. The fourth-order valence-corrected chi connectivity index (χ4v) is 5.82. The van der Waals surface area contributed by atoms with Crippen molar-refractivity contribution in [1.29, 1.82) is 0 Å². The first-order chi connectivity index (χ1) is 14.7. The van der Waals surface area contributed by atoms with E-state index in [4.69, 9.17) is 16.3 Å². The number of carbonyl (C=O) groups is 1. The summed E-state index contributed by atoms with van der Waals surface area (Å²) in [7, 11) is -3.87. The van der Waals surface area contributed by atoms with Gasteiger partial charge in [0.05, 0.1) is 17.2 Å². The second kappa shape index (κ2) is 10.1. The fourth-order valence-electron chi connectivity index (χ4n) is 3.73. The number of anilines is 1. The summed E-state index contributed by atoms with van der Waals surface area (Å²) in [5.74, 6) is -0.253. The molecule has 31 heavy (non-hydrogen) atoms. The highest BCUT2D eigenvalue weighted by molar-refractivity contribution is 7.89. The van der Waals surface area contributed by atoms with E-state index in [1.54, 1.807) is 11.0 Å². The van der Waals surface area contributed by atoms with Crippen LogP contribution in [0, 0.1) is 0 Å². The van der Waals surface area contributed by atoms with Crippen molar-refractivity contribution in [2.24, 2.45) is 0 Å². The number of nitrogens with zero attached hydrogens (tertiary/aromatic N) is 2. The Balaban J connectivity index is 1.96. The van der Waals surface area contributed by atoms with Gasteiger partial charge in [-0.25, -0.2) is 8.42 Å². The average Bonchev–Trinajstić information content (AvgIpc) is 2.74. The second-order valence-corrected chi connectivity index (χ2v) is 10.2. The molecule has 0 bridgehead atoms. The Kier molecular flexibility index (Phi) is 7.75. The van der Waals surface area contributed by atoms with Crippen LogP contribution in [0.3, 0.4) is 0 Å². The van der Waals surface area contributed by atoms with Crippen LogP contribution >= 0.6 is 11.6 Å².